The van der Waals surface area contributed by atoms with Crippen LogP contribution in [-0.2, 0) is 21.6 Å². The number of carbonyl (C=O) groups is 2. The van der Waals surface area contributed by atoms with Crippen molar-refractivity contribution in [2.45, 2.75) is 24.9 Å². The number of benzene rings is 1. The molecule has 0 bridgehead atoms. The fourth-order valence-electron chi connectivity index (χ4n) is 3.31. The van der Waals surface area contributed by atoms with Gasteiger partial charge in [-0.05, 0) is 54.4 Å². The summed E-state index contributed by atoms with van der Waals surface area (Å²) < 4.78 is 10.8. The van der Waals surface area contributed by atoms with Gasteiger partial charge in [-0.3, -0.25) is 10.1 Å². The molecule has 0 atom stereocenters. The Bertz CT molecular complexity index is 1460. The average Bonchev–Trinajstić information content (AvgIpc) is 3.25. The quantitative estimate of drug-likeness (QED) is 0.262. The van der Waals surface area contributed by atoms with Crippen molar-refractivity contribution in [3.8, 4) is 11.8 Å². The summed E-state index contributed by atoms with van der Waals surface area (Å²) in [5.74, 6) is 5.26. The molecule has 6 nitrogen and oxygen atoms in total. The molecule has 11 heteroatoms. The third-order valence-corrected chi connectivity index (χ3v) is 9.26. The Morgan fingerprint density at radius 1 is 1.18 bits per heavy atom. The van der Waals surface area contributed by atoms with E-state index in [0.717, 1.165) is 30.7 Å². The Balaban J connectivity index is 1.29. The summed E-state index contributed by atoms with van der Waals surface area (Å²) >= 11 is 16.3. The number of hydrogen-bond acceptors (Lipinski definition) is 7. The number of rotatable bonds is 5. The molecule has 1 saturated carbocycles. The number of amides is 1. The summed E-state index contributed by atoms with van der Waals surface area (Å²) in [6, 6.07) is 11.0. The van der Waals surface area contributed by atoms with Crippen LogP contribution in [0.5, 0.6) is 0 Å². The number of aliphatic carboxylic acids is 1. The van der Waals surface area contributed by atoms with E-state index < -0.39 is 17.5 Å². The standard InChI is InChI=1S/C23H14Cl2N2O4S3/c24-15-4-2-1-3-12(15)11-31-22(30)26-18-16(27-34-19(18)25)6-5-14-9-13-10-17(33-20(13)32-14)23(7-8-23)21(28)29/h1-4,9-10H,7-8,11H2,(H,26,30)(H,28,29). The van der Waals surface area contributed by atoms with Gasteiger partial charge in [-0.15, -0.1) is 22.7 Å². The molecule has 0 radical (unpaired) electrons. The van der Waals surface area contributed by atoms with Gasteiger partial charge in [-0.25, -0.2) is 4.79 Å². The fourth-order valence-corrected chi connectivity index (χ4v) is 6.82. The number of fused-ring (bicyclic) bond motifs is 1. The molecular formula is C23H14Cl2N2O4S3. The Hall–Kier alpha value is -2.61. The zero-order valence-electron chi connectivity index (χ0n) is 17.2. The number of aromatic nitrogens is 1. The highest BCUT2D eigenvalue weighted by molar-refractivity contribution is 7.38. The number of nitrogens with zero attached hydrogens (tertiary/aromatic N) is 1. The third-order valence-electron chi connectivity index (χ3n) is 5.34. The van der Waals surface area contributed by atoms with Gasteiger partial charge in [0.05, 0.1) is 8.89 Å². The molecule has 0 saturated heterocycles. The van der Waals surface area contributed by atoms with Crippen LogP contribution in [0.15, 0.2) is 36.4 Å². The zero-order chi connectivity index (χ0) is 23.9. The van der Waals surface area contributed by atoms with Gasteiger partial charge in [0.2, 0.25) is 0 Å². The molecule has 0 aliphatic heterocycles. The molecule has 1 fully saturated rings. The van der Waals surface area contributed by atoms with Crippen LogP contribution >= 0.6 is 57.4 Å². The average molecular weight is 549 g/mol. The topological polar surface area (TPSA) is 88.5 Å². The highest BCUT2D eigenvalue weighted by Gasteiger charge is 2.53. The van der Waals surface area contributed by atoms with E-state index in [-0.39, 0.29) is 6.61 Å². The van der Waals surface area contributed by atoms with E-state index in [2.05, 4.69) is 21.5 Å². The van der Waals surface area contributed by atoms with Gasteiger partial charge in [0.15, 0.2) is 5.69 Å². The molecule has 0 unspecified atom stereocenters. The van der Waals surface area contributed by atoms with Crippen LogP contribution in [0.1, 0.15) is 33.9 Å². The minimum Gasteiger partial charge on any atom is -0.481 e. The number of nitrogens with one attached hydrogen (secondary N) is 1. The monoisotopic (exact) mass is 548 g/mol. The van der Waals surface area contributed by atoms with Crippen LogP contribution in [0.2, 0.25) is 9.36 Å². The number of carboxylic acids is 1. The highest BCUT2D eigenvalue weighted by atomic mass is 35.5. The van der Waals surface area contributed by atoms with E-state index in [1.165, 1.54) is 22.7 Å². The summed E-state index contributed by atoms with van der Waals surface area (Å²) in [6.45, 7) is 0.0127. The fraction of sp³-hybridized carbons (Fsp3) is 0.174. The van der Waals surface area contributed by atoms with E-state index in [9.17, 15) is 14.7 Å². The molecule has 4 aromatic rings. The summed E-state index contributed by atoms with van der Waals surface area (Å²) in [6.07, 6.45) is 0.676. The summed E-state index contributed by atoms with van der Waals surface area (Å²) in [5.41, 5.74) is 0.616. The number of thiophene rings is 2. The molecule has 1 aromatic carbocycles. The molecule has 1 amide bonds. The van der Waals surface area contributed by atoms with Crippen molar-refractivity contribution in [3.63, 3.8) is 0 Å². The number of hydrogen-bond donors (Lipinski definition) is 2. The molecule has 172 valence electrons. The summed E-state index contributed by atoms with van der Waals surface area (Å²) in [4.78, 5) is 25.6. The zero-order valence-corrected chi connectivity index (χ0v) is 21.1. The minimum absolute atomic E-state index is 0.0127. The van der Waals surface area contributed by atoms with Crippen molar-refractivity contribution >= 4 is 84.6 Å². The van der Waals surface area contributed by atoms with Gasteiger partial charge in [0.25, 0.3) is 0 Å². The second-order valence-electron chi connectivity index (χ2n) is 7.57. The Labute approximate surface area is 216 Å². The lowest BCUT2D eigenvalue weighted by atomic mass is 10.1. The number of anilines is 1. The van der Waals surface area contributed by atoms with Crippen LogP contribution in [0.4, 0.5) is 10.5 Å². The van der Waals surface area contributed by atoms with E-state index in [0.29, 0.717) is 39.1 Å². The second-order valence-corrected chi connectivity index (χ2v) is 11.7. The maximum atomic E-state index is 12.3. The lowest BCUT2D eigenvalue weighted by molar-refractivity contribution is -0.139. The minimum atomic E-state index is -0.757. The van der Waals surface area contributed by atoms with Crippen molar-refractivity contribution in [2.75, 3.05) is 5.32 Å². The molecule has 3 heterocycles. The van der Waals surface area contributed by atoms with E-state index in [1.807, 2.05) is 18.2 Å². The lowest BCUT2D eigenvalue weighted by Crippen LogP contribution is -2.17. The molecule has 2 N–H and O–H groups in total. The predicted molar refractivity (Wildman–Crippen MR) is 137 cm³/mol. The molecular weight excluding hydrogens is 535 g/mol. The smallest absolute Gasteiger partial charge is 0.412 e. The van der Waals surface area contributed by atoms with Crippen molar-refractivity contribution in [2.24, 2.45) is 0 Å². The first-order chi connectivity index (χ1) is 16.4. The number of ether oxygens (including phenoxy) is 1. The van der Waals surface area contributed by atoms with Crippen molar-refractivity contribution < 1.29 is 19.4 Å². The van der Waals surface area contributed by atoms with E-state index in [1.54, 1.807) is 18.2 Å². The van der Waals surface area contributed by atoms with Crippen molar-refractivity contribution in [3.05, 3.63) is 66.8 Å². The first-order valence-electron chi connectivity index (χ1n) is 9.97. The second kappa shape index (κ2) is 9.21. The SMILES string of the molecule is O=C(Nc1c(C#Cc2cc3cc(C4(C(=O)O)CC4)sc3s2)nsc1Cl)OCc1ccccc1Cl. The van der Waals surface area contributed by atoms with Crippen LogP contribution in [-0.4, -0.2) is 21.5 Å². The highest BCUT2D eigenvalue weighted by Crippen LogP contribution is 2.52. The van der Waals surface area contributed by atoms with E-state index >= 15 is 0 Å². The molecule has 0 spiro atoms. The normalized spacial score (nSPS) is 13.8. The van der Waals surface area contributed by atoms with Gasteiger partial charge in [-0.1, -0.05) is 41.4 Å². The molecule has 3 aromatic heterocycles. The van der Waals surface area contributed by atoms with E-state index in [4.69, 9.17) is 27.9 Å². The van der Waals surface area contributed by atoms with Crippen LogP contribution in [0, 0.1) is 11.8 Å². The van der Waals surface area contributed by atoms with Crippen LogP contribution in [0.25, 0.3) is 9.40 Å². The number of carbonyl (C=O) groups excluding carboxylic acids is 1. The summed E-state index contributed by atoms with van der Waals surface area (Å²) in [7, 11) is 0. The Morgan fingerprint density at radius 2 is 1.97 bits per heavy atom. The van der Waals surface area contributed by atoms with Crippen LogP contribution in [0.3, 0.4) is 0 Å². The maximum Gasteiger partial charge on any atom is 0.412 e. The van der Waals surface area contributed by atoms with Gasteiger partial charge < -0.3 is 9.84 Å². The lowest BCUT2D eigenvalue weighted by Gasteiger charge is -2.07. The van der Waals surface area contributed by atoms with Gasteiger partial charge in [0, 0.05) is 20.8 Å². The largest absolute Gasteiger partial charge is 0.481 e. The first kappa shape index (κ1) is 23.1. The first-order valence-corrected chi connectivity index (χ1v) is 13.1. The Morgan fingerprint density at radius 3 is 2.68 bits per heavy atom. The summed E-state index contributed by atoms with van der Waals surface area (Å²) in [5, 5.41) is 13.6. The Kier molecular flexibility index (Phi) is 6.27. The third kappa shape index (κ3) is 4.52. The van der Waals surface area contributed by atoms with Crippen LogP contribution < -0.4 is 5.32 Å². The van der Waals surface area contributed by atoms with Crippen molar-refractivity contribution in [1.29, 1.82) is 0 Å². The molecule has 1 aliphatic carbocycles. The molecule has 5 rings (SSSR count). The predicted octanol–water partition coefficient (Wildman–Crippen LogP) is 6.99. The molecule has 34 heavy (non-hydrogen) atoms. The number of halogens is 2. The van der Waals surface area contributed by atoms with Gasteiger partial charge in [-0.2, -0.15) is 4.37 Å². The number of carboxylic acid groups (broad SMARTS) is 1. The molecule has 1 aliphatic rings. The van der Waals surface area contributed by atoms with Gasteiger partial charge >= 0.3 is 12.1 Å². The maximum absolute atomic E-state index is 12.3. The van der Waals surface area contributed by atoms with Crippen molar-refractivity contribution in [1.82, 2.24) is 4.37 Å². The van der Waals surface area contributed by atoms with Gasteiger partial charge in [0.1, 0.15) is 22.0 Å².